The van der Waals surface area contributed by atoms with Crippen LogP contribution in [0, 0.1) is 17.3 Å². The van der Waals surface area contributed by atoms with Crippen LogP contribution in [0.3, 0.4) is 0 Å². The van der Waals surface area contributed by atoms with E-state index in [-0.39, 0.29) is 0 Å². The average Bonchev–Trinajstić information content (AvgIpc) is 2.09. The summed E-state index contributed by atoms with van der Waals surface area (Å²) in [5.74, 6) is 2.41. The Balaban J connectivity index is 1.94. The highest BCUT2D eigenvalue weighted by Gasteiger charge is 2.61. The van der Waals surface area contributed by atoms with E-state index >= 15 is 0 Å². The van der Waals surface area contributed by atoms with E-state index in [1.165, 1.54) is 11.8 Å². The molecule has 0 heterocycles. The summed E-state index contributed by atoms with van der Waals surface area (Å²) in [5.41, 5.74) is 0.972. The molecule has 0 nitrogen and oxygen atoms in total. The minimum Gasteiger partial charge on any atom is -0.0522 e. The van der Waals surface area contributed by atoms with E-state index in [2.05, 4.69) is 0 Å². The van der Waals surface area contributed by atoms with Crippen molar-refractivity contribution in [3.8, 4) is 0 Å². The van der Waals surface area contributed by atoms with Crippen LogP contribution in [0.1, 0.15) is 38.5 Å². The Kier molecular flexibility index (Phi) is 0.640. The summed E-state index contributed by atoms with van der Waals surface area (Å²) in [6.45, 7) is 0. The molecule has 1 spiro atoms. The van der Waals surface area contributed by atoms with Gasteiger partial charge in [-0.1, -0.05) is 6.42 Å². The lowest BCUT2D eigenvalue weighted by molar-refractivity contribution is -0.0666. The van der Waals surface area contributed by atoms with Gasteiger partial charge in [-0.25, -0.2) is 0 Å². The maximum Gasteiger partial charge on any atom is -0.0241 e. The summed E-state index contributed by atoms with van der Waals surface area (Å²) in [6, 6.07) is 0. The second-order valence-corrected chi connectivity index (χ2v) is 4.29. The molecule has 2 atom stereocenters. The topological polar surface area (TPSA) is 0 Å². The van der Waals surface area contributed by atoms with E-state index in [4.69, 9.17) is 0 Å². The fourth-order valence-electron chi connectivity index (χ4n) is 3.60. The molecule has 4 fully saturated rings. The lowest BCUT2D eigenvalue weighted by atomic mass is 9.48. The summed E-state index contributed by atoms with van der Waals surface area (Å²) in [4.78, 5) is 0. The van der Waals surface area contributed by atoms with Crippen LogP contribution in [0.15, 0.2) is 0 Å². The third kappa shape index (κ3) is 0.342. The molecule has 0 aromatic carbocycles. The molecule has 0 N–H and O–H groups in total. The largest absolute Gasteiger partial charge is 0.0522 e. The molecule has 4 aliphatic carbocycles. The Bertz CT molecular complexity index is 128. The predicted molar refractivity (Wildman–Crippen MR) is 37.1 cm³/mol. The van der Waals surface area contributed by atoms with Gasteiger partial charge in [0.1, 0.15) is 0 Å². The Morgan fingerprint density at radius 1 is 1.00 bits per heavy atom. The smallest absolute Gasteiger partial charge is 0.0241 e. The van der Waals surface area contributed by atoms with Crippen LogP contribution in [0.5, 0.6) is 0 Å². The first-order valence-electron chi connectivity index (χ1n) is 4.42. The Morgan fingerprint density at radius 2 is 1.67 bits per heavy atom. The van der Waals surface area contributed by atoms with E-state index in [1.807, 2.05) is 0 Å². The quantitative estimate of drug-likeness (QED) is 0.463. The number of hydrogen-bond acceptors (Lipinski definition) is 0. The van der Waals surface area contributed by atoms with Gasteiger partial charge in [0.15, 0.2) is 0 Å². The summed E-state index contributed by atoms with van der Waals surface area (Å²) in [6.07, 6.45) is 9.53. The van der Waals surface area contributed by atoms with Crippen molar-refractivity contribution < 1.29 is 0 Å². The van der Waals surface area contributed by atoms with Crippen molar-refractivity contribution in [1.82, 2.24) is 0 Å². The van der Waals surface area contributed by atoms with Crippen LogP contribution in [-0.4, -0.2) is 0 Å². The monoisotopic (exact) mass is 122 g/mol. The van der Waals surface area contributed by atoms with E-state index in [9.17, 15) is 0 Å². The van der Waals surface area contributed by atoms with Crippen molar-refractivity contribution in [3.63, 3.8) is 0 Å². The molecule has 2 bridgehead atoms. The maximum atomic E-state index is 1.61. The molecule has 4 aliphatic rings. The summed E-state index contributed by atoms with van der Waals surface area (Å²) in [7, 11) is 0. The molecular formula is C9H14. The number of rotatable bonds is 0. The number of fused-ring (bicyclic) bond motifs is 1. The van der Waals surface area contributed by atoms with E-state index in [0.29, 0.717) is 0 Å². The normalized spacial score (nSPS) is 50.7. The standard InChI is InChI=1S/C9H14/c1-4-9(5-1)7-2-3-8(9)6-7/h7-8H,1-6H2. The Hall–Kier alpha value is 0. The molecule has 4 rings (SSSR count). The van der Waals surface area contributed by atoms with E-state index in [1.54, 1.807) is 38.5 Å². The zero-order valence-electron chi connectivity index (χ0n) is 5.90. The predicted octanol–water partition coefficient (Wildman–Crippen LogP) is 2.59. The van der Waals surface area contributed by atoms with Gasteiger partial charge in [0.05, 0.1) is 0 Å². The molecule has 9 heavy (non-hydrogen) atoms. The van der Waals surface area contributed by atoms with Gasteiger partial charge in [-0.2, -0.15) is 0 Å². The van der Waals surface area contributed by atoms with Gasteiger partial charge in [-0.05, 0) is 49.4 Å². The van der Waals surface area contributed by atoms with Crippen molar-refractivity contribution in [3.05, 3.63) is 0 Å². The first kappa shape index (κ1) is 4.76. The second kappa shape index (κ2) is 1.21. The lowest BCUT2D eigenvalue weighted by Gasteiger charge is -2.56. The van der Waals surface area contributed by atoms with Crippen LogP contribution in [0.2, 0.25) is 0 Å². The van der Waals surface area contributed by atoms with Crippen LogP contribution < -0.4 is 0 Å². The second-order valence-electron chi connectivity index (χ2n) is 4.29. The third-order valence-electron chi connectivity index (χ3n) is 4.34. The van der Waals surface area contributed by atoms with Gasteiger partial charge in [0.2, 0.25) is 0 Å². The lowest BCUT2D eigenvalue weighted by Crippen LogP contribution is -2.47. The molecule has 0 aliphatic heterocycles. The molecular weight excluding hydrogens is 108 g/mol. The highest BCUT2D eigenvalue weighted by Crippen LogP contribution is 2.70. The Morgan fingerprint density at radius 3 is 1.89 bits per heavy atom. The van der Waals surface area contributed by atoms with Gasteiger partial charge in [-0.3, -0.25) is 0 Å². The van der Waals surface area contributed by atoms with Crippen LogP contribution in [0.25, 0.3) is 0 Å². The highest BCUT2D eigenvalue weighted by molar-refractivity contribution is 5.11. The fraction of sp³-hybridized carbons (Fsp3) is 1.00. The molecule has 4 saturated carbocycles. The molecule has 0 amide bonds. The number of hydrogen-bond donors (Lipinski definition) is 0. The summed E-state index contributed by atoms with van der Waals surface area (Å²) in [5, 5.41) is 0. The van der Waals surface area contributed by atoms with Gasteiger partial charge < -0.3 is 0 Å². The van der Waals surface area contributed by atoms with E-state index < -0.39 is 0 Å². The van der Waals surface area contributed by atoms with Crippen LogP contribution in [0.4, 0.5) is 0 Å². The van der Waals surface area contributed by atoms with Crippen molar-refractivity contribution in [2.75, 3.05) is 0 Å². The molecule has 0 heteroatoms. The molecule has 0 aromatic heterocycles. The molecule has 0 saturated heterocycles. The van der Waals surface area contributed by atoms with Gasteiger partial charge in [0.25, 0.3) is 0 Å². The van der Waals surface area contributed by atoms with Crippen molar-refractivity contribution in [2.24, 2.45) is 17.3 Å². The van der Waals surface area contributed by atoms with Crippen molar-refractivity contribution in [1.29, 1.82) is 0 Å². The molecule has 2 unspecified atom stereocenters. The van der Waals surface area contributed by atoms with Crippen LogP contribution >= 0.6 is 0 Å². The maximum absolute atomic E-state index is 1.61. The summed E-state index contributed by atoms with van der Waals surface area (Å²) >= 11 is 0. The van der Waals surface area contributed by atoms with Crippen LogP contribution in [-0.2, 0) is 0 Å². The van der Waals surface area contributed by atoms with Gasteiger partial charge in [-0.15, -0.1) is 0 Å². The third-order valence-corrected chi connectivity index (χ3v) is 4.34. The SMILES string of the molecule is C1CC2(C1)C1CCC2C1. The zero-order chi connectivity index (χ0) is 5.90. The fourth-order valence-corrected chi connectivity index (χ4v) is 3.60. The highest BCUT2D eigenvalue weighted by atomic mass is 14.7. The van der Waals surface area contributed by atoms with Gasteiger partial charge in [0, 0.05) is 0 Å². The first-order chi connectivity index (χ1) is 4.42. The zero-order valence-corrected chi connectivity index (χ0v) is 5.90. The minimum absolute atomic E-state index is 0.972. The molecule has 50 valence electrons. The average molecular weight is 122 g/mol. The van der Waals surface area contributed by atoms with E-state index in [0.717, 1.165) is 5.41 Å². The van der Waals surface area contributed by atoms with Crippen molar-refractivity contribution >= 4 is 0 Å². The first-order valence-corrected chi connectivity index (χ1v) is 4.42. The van der Waals surface area contributed by atoms with Crippen molar-refractivity contribution in [2.45, 2.75) is 38.5 Å². The molecule has 0 aromatic rings. The summed E-state index contributed by atoms with van der Waals surface area (Å²) < 4.78 is 0. The van der Waals surface area contributed by atoms with Gasteiger partial charge >= 0.3 is 0 Å². The molecule has 0 radical (unpaired) electrons. The Labute approximate surface area is 56.6 Å². The minimum atomic E-state index is 0.972.